The number of methoxy groups -OCH3 is 1. The number of likely N-dealkylation sites (tertiary alicyclic amines) is 2. The SMILES string of the molecule is CC1CCC(C(C)C)C(N2CC(C(=O)O)CC2=O)C1.COC(=O)C1CC(=O)N(C2CC(C)CCC2C(C)C)C1. The fourth-order valence-corrected chi connectivity index (χ4v) is 7.61. The van der Waals surface area contributed by atoms with Crippen LogP contribution in [0.2, 0.25) is 0 Å². The van der Waals surface area contributed by atoms with Crippen molar-refractivity contribution in [1.82, 2.24) is 9.80 Å². The van der Waals surface area contributed by atoms with Gasteiger partial charge in [-0.05, 0) is 61.2 Å². The Labute approximate surface area is 235 Å². The molecule has 2 heterocycles. The molecule has 39 heavy (non-hydrogen) atoms. The number of esters is 1. The van der Waals surface area contributed by atoms with Crippen LogP contribution in [0.1, 0.15) is 92.9 Å². The number of rotatable bonds is 6. The maximum absolute atomic E-state index is 12.3. The summed E-state index contributed by atoms with van der Waals surface area (Å²) in [5.74, 6) is 1.84. The Hall–Kier alpha value is -2.12. The average Bonchev–Trinajstić information content (AvgIpc) is 3.46. The van der Waals surface area contributed by atoms with E-state index in [2.05, 4.69) is 41.5 Å². The number of hydrogen-bond donors (Lipinski definition) is 1. The van der Waals surface area contributed by atoms with Gasteiger partial charge in [-0.15, -0.1) is 0 Å². The van der Waals surface area contributed by atoms with E-state index in [1.165, 1.54) is 26.4 Å². The van der Waals surface area contributed by atoms with Gasteiger partial charge >= 0.3 is 11.9 Å². The van der Waals surface area contributed by atoms with Gasteiger partial charge in [-0.3, -0.25) is 19.2 Å². The number of carbonyl (C=O) groups excluding carboxylic acids is 3. The summed E-state index contributed by atoms with van der Waals surface area (Å²) in [4.78, 5) is 51.0. The molecule has 4 fully saturated rings. The molecule has 1 N–H and O–H groups in total. The van der Waals surface area contributed by atoms with Crippen LogP contribution in [0.4, 0.5) is 0 Å². The monoisotopic (exact) mass is 548 g/mol. The predicted octanol–water partition coefficient (Wildman–Crippen LogP) is 4.85. The molecule has 2 amide bonds. The van der Waals surface area contributed by atoms with Gasteiger partial charge in [-0.25, -0.2) is 0 Å². The lowest BCUT2D eigenvalue weighted by Crippen LogP contribution is -2.46. The Morgan fingerprint density at radius 3 is 1.54 bits per heavy atom. The van der Waals surface area contributed by atoms with E-state index in [1.54, 1.807) is 0 Å². The van der Waals surface area contributed by atoms with Crippen molar-refractivity contribution in [2.24, 2.45) is 47.3 Å². The molecule has 0 aromatic carbocycles. The molecule has 8 atom stereocenters. The number of ether oxygens (including phenoxy) is 1. The topological polar surface area (TPSA) is 104 Å². The minimum atomic E-state index is -0.833. The molecule has 2 aliphatic heterocycles. The van der Waals surface area contributed by atoms with E-state index in [9.17, 15) is 19.2 Å². The smallest absolute Gasteiger partial charge is 0.310 e. The lowest BCUT2D eigenvalue weighted by Gasteiger charge is -2.42. The van der Waals surface area contributed by atoms with Crippen molar-refractivity contribution in [3.05, 3.63) is 0 Å². The van der Waals surface area contributed by atoms with Crippen LogP contribution in [-0.2, 0) is 23.9 Å². The van der Waals surface area contributed by atoms with Gasteiger partial charge in [0.05, 0.1) is 18.9 Å². The molecule has 8 unspecified atom stereocenters. The molecule has 2 aliphatic carbocycles. The molecule has 8 heteroatoms. The van der Waals surface area contributed by atoms with E-state index in [0.717, 1.165) is 19.3 Å². The van der Waals surface area contributed by atoms with Crippen molar-refractivity contribution in [3.8, 4) is 0 Å². The summed E-state index contributed by atoms with van der Waals surface area (Å²) < 4.78 is 4.80. The van der Waals surface area contributed by atoms with Gasteiger partial charge in [0, 0.05) is 38.0 Å². The van der Waals surface area contributed by atoms with E-state index >= 15 is 0 Å². The van der Waals surface area contributed by atoms with Crippen LogP contribution in [0.5, 0.6) is 0 Å². The number of aliphatic carboxylic acids is 1. The van der Waals surface area contributed by atoms with Crippen molar-refractivity contribution in [2.75, 3.05) is 20.2 Å². The van der Waals surface area contributed by atoms with Crippen LogP contribution in [0.3, 0.4) is 0 Å². The van der Waals surface area contributed by atoms with Crippen LogP contribution in [-0.4, -0.2) is 70.9 Å². The van der Waals surface area contributed by atoms with Gasteiger partial charge in [0.2, 0.25) is 11.8 Å². The number of nitrogens with zero attached hydrogens (tertiary/aromatic N) is 2. The Morgan fingerprint density at radius 1 is 0.769 bits per heavy atom. The lowest BCUT2D eigenvalue weighted by molar-refractivity contribution is -0.145. The minimum absolute atomic E-state index is 0.0390. The van der Waals surface area contributed by atoms with E-state index in [4.69, 9.17) is 9.84 Å². The number of carboxylic acids is 1. The summed E-state index contributed by atoms with van der Waals surface area (Å²) in [6.07, 6.45) is 7.43. The van der Waals surface area contributed by atoms with Gasteiger partial charge in [0.15, 0.2) is 0 Å². The molecule has 4 aliphatic rings. The molecule has 0 bridgehead atoms. The van der Waals surface area contributed by atoms with E-state index in [-0.39, 0.29) is 36.2 Å². The summed E-state index contributed by atoms with van der Waals surface area (Å²) in [6, 6.07) is 0.557. The third-order valence-electron chi connectivity index (χ3n) is 9.98. The highest BCUT2D eigenvalue weighted by molar-refractivity contribution is 5.87. The van der Waals surface area contributed by atoms with Crippen LogP contribution in [0, 0.1) is 47.3 Å². The Morgan fingerprint density at radius 2 is 1.18 bits per heavy atom. The van der Waals surface area contributed by atoms with Gasteiger partial charge in [0.1, 0.15) is 0 Å². The van der Waals surface area contributed by atoms with E-state index in [0.29, 0.717) is 61.1 Å². The van der Waals surface area contributed by atoms with Crippen molar-refractivity contribution in [3.63, 3.8) is 0 Å². The van der Waals surface area contributed by atoms with Gasteiger partial charge < -0.3 is 19.6 Å². The van der Waals surface area contributed by atoms with Crippen LogP contribution >= 0.6 is 0 Å². The molecular weight excluding hydrogens is 496 g/mol. The van der Waals surface area contributed by atoms with Gasteiger partial charge in [0.25, 0.3) is 0 Å². The zero-order valence-electron chi connectivity index (χ0n) is 25.2. The summed E-state index contributed by atoms with van der Waals surface area (Å²) in [6.45, 7) is 14.4. The maximum Gasteiger partial charge on any atom is 0.310 e. The van der Waals surface area contributed by atoms with Crippen molar-refractivity contribution in [2.45, 2.75) is 105 Å². The molecule has 4 rings (SSSR count). The third-order valence-corrected chi connectivity index (χ3v) is 9.98. The first-order valence-corrected chi connectivity index (χ1v) is 15.2. The first-order valence-electron chi connectivity index (χ1n) is 15.2. The molecular formula is C31H52N2O6. The van der Waals surface area contributed by atoms with Gasteiger partial charge in [-0.1, -0.05) is 54.4 Å². The second-order valence-electron chi connectivity index (χ2n) is 13.5. The first kappa shape index (κ1) is 31.4. The highest BCUT2D eigenvalue weighted by Crippen LogP contribution is 2.40. The van der Waals surface area contributed by atoms with E-state index < -0.39 is 11.9 Å². The molecule has 0 aromatic heterocycles. The van der Waals surface area contributed by atoms with Crippen molar-refractivity contribution >= 4 is 23.8 Å². The van der Waals surface area contributed by atoms with Crippen LogP contribution in [0.25, 0.3) is 0 Å². The number of carbonyl (C=O) groups is 4. The molecule has 0 spiro atoms. The fourth-order valence-electron chi connectivity index (χ4n) is 7.61. The number of carboxylic acid groups (broad SMARTS) is 1. The normalized spacial score (nSPS) is 35.3. The predicted molar refractivity (Wildman–Crippen MR) is 150 cm³/mol. The molecule has 222 valence electrons. The summed E-state index contributed by atoms with van der Waals surface area (Å²) >= 11 is 0. The standard InChI is InChI=1S/C16H27NO3.C15H25NO3/c1-10(2)13-6-5-11(3)7-14(13)17-9-12(8-15(17)18)16(19)20-4;1-9(2)12-5-4-10(3)6-13(12)16-8-11(15(18)19)7-14(16)17/h10-14H,5-9H2,1-4H3;9-13H,4-8H2,1-3H3,(H,18,19). The third kappa shape index (κ3) is 7.55. The van der Waals surface area contributed by atoms with E-state index in [1.807, 2.05) is 9.80 Å². The quantitative estimate of drug-likeness (QED) is 0.476. The minimum Gasteiger partial charge on any atom is -0.481 e. The fraction of sp³-hybridized carbons (Fsp3) is 0.871. The average molecular weight is 549 g/mol. The zero-order chi connectivity index (χ0) is 29.0. The number of hydrogen-bond acceptors (Lipinski definition) is 5. The first-order chi connectivity index (χ1) is 18.3. The lowest BCUT2D eigenvalue weighted by atomic mass is 9.73. The second kappa shape index (κ2) is 13.5. The highest BCUT2D eigenvalue weighted by atomic mass is 16.5. The second-order valence-corrected chi connectivity index (χ2v) is 13.5. The van der Waals surface area contributed by atoms with Crippen LogP contribution in [0.15, 0.2) is 0 Å². The molecule has 8 nitrogen and oxygen atoms in total. The van der Waals surface area contributed by atoms with Crippen molar-refractivity contribution < 1.29 is 29.0 Å². The Balaban J connectivity index is 0.000000216. The molecule has 0 radical (unpaired) electrons. The highest BCUT2D eigenvalue weighted by Gasteiger charge is 2.44. The van der Waals surface area contributed by atoms with Crippen LogP contribution < -0.4 is 0 Å². The zero-order valence-corrected chi connectivity index (χ0v) is 25.2. The summed E-state index contributed by atoms with van der Waals surface area (Å²) in [5.41, 5.74) is 0. The molecule has 2 saturated carbocycles. The van der Waals surface area contributed by atoms with Crippen molar-refractivity contribution in [1.29, 1.82) is 0 Å². The van der Waals surface area contributed by atoms with Gasteiger partial charge in [-0.2, -0.15) is 0 Å². The molecule has 0 aromatic rings. The Kier molecular flexibility index (Phi) is 10.9. The molecule has 2 saturated heterocycles. The Bertz CT molecular complexity index is 888. The summed E-state index contributed by atoms with van der Waals surface area (Å²) in [7, 11) is 1.40. The largest absolute Gasteiger partial charge is 0.481 e. The maximum atomic E-state index is 12.3. The summed E-state index contributed by atoms with van der Waals surface area (Å²) in [5, 5.41) is 9.10. The number of amides is 2.